The van der Waals surface area contributed by atoms with Crippen LogP contribution in [0.2, 0.25) is 0 Å². The largest absolute Gasteiger partial charge is 0.496 e. The molecular weight excluding hydrogens is 447 g/mol. The normalized spacial score (nSPS) is 10.9. The maximum Gasteiger partial charge on any atom is 0.193 e. The van der Waals surface area contributed by atoms with E-state index < -0.39 is 0 Å². The highest BCUT2D eigenvalue weighted by Crippen LogP contribution is 2.39. The summed E-state index contributed by atoms with van der Waals surface area (Å²) in [5, 5.41) is 0.744. The van der Waals surface area contributed by atoms with E-state index in [-0.39, 0.29) is 14.1 Å². The van der Waals surface area contributed by atoms with E-state index in [1.807, 2.05) is 26.0 Å². The Kier molecular flexibility index (Phi) is 11.8. The van der Waals surface area contributed by atoms with Crippen LogP contribution in [0.5, 0.6) is 28.7 Å². The molecule has 0 radical (unpaired) electrons. The molecule has 0 aromatic heterocycles. The Morgan fingerprint density at radius 2 is 1.30 bits per heavy atom. The van der Waals surface area contributed by atoms with E-state index >= 15 is 0 Å². The zero-order valence-electron chi connectivity index (χ0n) is 19.9. The molecule has 0 heterocycles. The van der Waals surface area contributed by atoms with Crippen molar-refractivity contribution in [3.05, 3.63) is 35.9 Å². The highest BCUT2D eigenvalue weighted by molar-refractivity contribution is 7.66. The summed E-state index contributed by atoms with van der Waals surface area (Å²) in [5.74, 6) is 2.53. The van der Waals surface area contributed by atoms with Crippen molar-refractivity contribution in [2.75, 3.05) is 61.0 Å². The third-order valence-corrected chi connectivity index (χ3v) is 5.69. The van der Waals surface area contributed by atoms with Gasteiger partial charge in [-0.1, -0.05) is 0 Å². The molecule has 0 fully saturated rings. The fourth-order valence-corrected chi connectivity index (χ4v) is 4.00. The second-order valence-corrected chi connectivity index (χ2v) is 7.85. The molecule has 2 rings (SSSR count). The first kappa shape index (κ1) is 26.7. The topological polar surface area (TPSA) is 81.7 Å². The summed E-state index contributed by atoms with van der Waals surface area (Å²) < 4.78 is 38.5. The smallest absolute Gasteiger partial charge is 0.193 e. The van der Waals surface area contributed by atoms with E-state index in [2.05, 4.69) is 0 Å². The number of hydrogen-bond donors (Lipinski definition) is 0. The van der Waals surface area contributed by atoms with Crippen molar-refractivity contribution in [1.82, 2.24) is 0 Å². The van der Waals surface area contributed by atoms with Gasteiger partial charge in [-0.25, -0.2) is 0 Å². The number of hydrogen-bond acceptors (Lipinski definition) is 8. The van der Waals surface area contributed by atoms with E-state index in [4.69, 9.17) is 33.2 Å². The maximum atomic E-state index is 13.3. The van der Waals surface area contributed by atoms with Gasteiger partial charge in [0.1, 0.15) is 47.5 Å². The molecule has 9 heteroatoms. The molecule has 0 N–H and O–H groups in total. The van der Waals surface area contributed by atoms with Crippen LogP contribution in [0, 0.1) is 0 Å². The summed E-state index contributed by atoms with van der Waals surface area (Å²) in [5.41, 5.74) is 0.211. The molecule has 0 aliphatic heterocycles. The minimum absolute atomic E-state index is 0.147. The molecule has 1 unspecified atom stereocenters. The second-order valence-electron chi connectivity index (χ2n) is 6.61. The van der Waals surface area contributed by atoms with Gasteiger partial charge in [0.15, 0.2) is 5.52 Å². The Morgan fingerprint density at radius 3 is 1.85 bits per heavy atom. The SMILES string of the molecule is CCOCCOc1ccc(PC(=O)c2c(OC)cc(OC)cc2OC)c(OCCOCC)c1. The third kappa shape index (κ3) is 8.07. The number of carbonyl (C=O) groups is 1. The average Bonchev–Trinajstić information content (AvgIpc) is 2.84. The molecule has 0 spiro atoms. The van der Waals surface area contributed by atoms with Gasteiger partial charge in [-0.3, -0.25) is 4.79 Å². The van der Waals surface area contributed by atoms with E-state index in [0.29, 0.717) is 74.0 Å². The molecule has 2 aromatic carbocycles. The van der Waals surface area contributed by atoms with Gasteiger partial charge in [0, 0.05) is 36.7 Å². The van der Waals surface area contributed by atoms with E-state index in [9.17, 15) is 4.79 Å². The molecular formula is C24H33O8P. The maximum absolute atomic E-state index is 13.3. The van der Waals surface area contributed by atoms with E-state index in [1.54, 1.807) is 25.3 Å². The number of carbonyl (C=O) groups excluding carboxylic acids is 1. The lowest BCUT2D eigenvalue weighted by molar-refractivity contribution is 0.107. The van der Waals surface area contributed by atoms with Gasteiger partial charge in [0.2, 0.25) is 0 Å². The van der Waals surface area contributed by atoms with Gasteiger partial charge in [-0.15, -0.1) is 0 Å². The Balaban J connectivity index is 2.27. The Hall–Kier alpha value is -2.54. The predicted octanol–water partition coefficient (Wildman–Crippen LogP) is 3.69. The summed E-state index contributed by atoms with van der Waals surface area (Å²) in [4.78, 5) is 13.3. The molecule has 0 bridgehead atoms. The van der Waals surface area contributed by atoms with E-state index in [1.165, 1.54) is 14.2 Å². The van der Waals surface area contributed by atoms with Crippen molar-refractivity contribution >= 4 is 19.4 Å². The lowest BCUT2D eigenvalue weighted by atomic mass is 10.2. The predicted molar refractivity (Wildman–Crippen MR) is 129 cm³/mol. The summed E-state index contributed by atoms with van der Waals surface area (Å²) >= 11 is 0. The van der Waals surface area contributed by atoms with Gasteiger partial charge in [-0.2, -0.15) is 0 Å². The molecule has 0 aliphatic carbocycles. The van der Waals surface area contributed by atoms with Crippen molar-refractivity contribution in [3.8, 4) is 28.7 Å². The first-order valence-corrected chi connectivity index (χ1v) is 11.7. The molecule has 33 heavy (non-hydrogen) atoms. The average molecular weight is 480 g/mol. The summed E-state index contributed by atoms with van der Waals surface area (Å²) in [6.07, 6.45) is 0. The van der Waals surface area contributed by atoms with Gasteiger partial charge < -0.3 is 33.2 Å². The zero-order chi connectivity index (χ0) is 24.1. The van der Waals surface area contributed by atoms with Crippen LogP contribution in [-0.4, -0.2) is 66.5 Å². The Labute approximate surface area is 197 Å². The number of methoxy groups -OCH3 is 3. The fraction of sp³-hybridized carbons (Fsp3) is 0.458. The molecule has 0 saturated carbocycles. The van der Waals surface area contributed by atoms with Gasteiger partial charge in [-0.05, 0) is 34.6 Å². The van der Waals surface area contributed by atoms with Gasteiger partial charge >= 0.3 is 0 Å². The van der Waals surface area contributed by atoms with Crippen molar-refractivity contribution in [2.24, 2.45) is 0 Å². The Bertz CT molecular complexity index is 862. The Morgan fingerprint density at radius 1 is 0.727 bits per heavy atom. The molecule has 0 amide bonds. The summed E-state index contributed by atoms with van der Waals surface area (Å²) in [6, 6.07) is 8.77. The van der Waals surface area contributed by atoms with Crippen molar-refractivity contribution < 1.29 is 38.0 Å². The van der Waals surface area contributed by atoms with Crippen molar-refractivity contribution in [2.45, 2.75) is 13.8 Å². The first-order valence-electron chi connectivity index (χ1n) is 10.7. The first-order chi connectivity index (χ1) is 16.1. The van der Waals surface area contributed by atoms with Crippen LogP contribution in [0.4, 0.5) is 0 Å². The molecule has 0 saturated heterocycles. The lowest BCUT2D eigenvalue weighted by Gasteiger charge is -2.16. The molecule has 8 nitrogen and oxygen atoms in total. The lowest BCUT2D eigenvalue weighted by Crippen LogP contribution is -2.13. The molecule has 182 valence electrons. The monoisotopic (exact) mass is 480 g/mol. The van der Waals surface area contributed by atoms with Crippen molar-refractivity contribution in [1.29, 1.82) is 0 Å². The van der Waals surface area contributed by atoms with Crippen LogP contribution in [0.25, 0.3) is 0 Å². The van der Waals surface area contributed by atoms with Crippen LogP contribution >= 0.6 is 8.58 Å². The van der Waals surface area contributed by atoms with Crippen molar-refractivity contribution in [3.63, 3.8) is 0 Å². The summed E-state index contributed by atoms with van der Waals surface area (Å²) in [7, 11) is 4.33. The minimum Gasteiger partial charge on any atom is -0.496 e. The zero-order valence-corrected chi connectivity index (χ0v) is 20.9. The molecule has 2 aromatic rings. The third-order valence-electron chi connectivity index (χ3n) is 4.53. The van der Waals surface area contributed by atoms with Gasteiger partial charge in [0.25, 0.3) is 0 Å². The van der Waals surface area contributed by atoms with Crippen LogP contribution < -0.4 is 29.0 Å². The highest BCUT2D eigenvalue weighted by Gasteiger charge is 2.22. The number of rotatable bonds is 16. The number of ether oxygens (including phenoxy) is 7. The fourth-order valence-electron chi connectivity index (χ4n) is 2.95. The quantitative estimate of drug-likeness (QED) is 0.266. The van der Waals surface area contributed by atoms with Crippen LogP contribution in [0.3, 0.4) is 0 Å². The summed E-state index contributed by atoms with van der Waals surface area (Å²) in [6.45, 7) is 6.82. The van der Waals surface area contributed by atoms with E-state index in [0.717, 1.165) is 5.30 Å². The number of benzene rings is 2. The minimum atomic E-state index is -0.224. The molecule has 0 aliphatic rings. The van der Waals surface area contributed by atoms with Gasteiger partial charge in [0.05, 0.1) is 34.5 Å². The highest BCUT2D eigenvalue weighted by atomic mass is 31.1. The van der Waals surface area contributed by atoms with Crippen LogP contribution in [0.1, 0.15) is 24.2 Å². The second kappa shape index (κ2) is 14.6. The van der Waals surface area contributed by atoms with Crippen LogP contribution in [0.15, 0.2) is 30.3 Å². The standard InChI is InChI=1S/C24H33O8P/c1-6-29-10-12-31-17-8-9-22(19(14-17)32-13-11-30-7-2)33-24(25)23-20(27-4)15-18(26-3)16-21(23)28-5/h8-9,14-16,33H,6-7,10-13H2,1-5H3. The molecule has 1 atom stereocenters. The van der Waals surface area contributed by atoms with Crippen LogP contribution in [-0.2, 0) is 9.47 Å².